The van der Waals surface area contributed by atoms with Crippen molar-refractivity contribution in [1.29, 1.82) is 0 Å². The first kappa shape index (κ1) is 27.2. The molecule has 2 rings (SSSR count). The molecule has 0 saturated heterocycles. The number of ether oxygens (including phenoxy) is 1. The minimum Gasteiger partial charge on any atom is -0.497 e. The van der Waals surface area contributed by atoms with E-state index < -0.39 is 16.1 Å². The van der Waals surface area contributed by atoms with E-state index in [9.17, 15) is 18.0 Å². The fourth-order valence-electron chi connectivity index (χ4n) is 3.69. The van der Waals surface area contributed by atoms with Gasteiger partial charge in [-0.15, -0.1) is 0 Å². The van der Waals surface area contributed by atoms with E-state index in [4.69, 9.17) is 4.74 Å². The lowest BCUT2D eigenvalue weighted by Gasteiger charge is -2.29. The van der Waals surface area contributed by atoms with Crippen LogP contribution in [0.3, 0.4) is 0 Å². The van der Waals surface area contributed by atoms with E-state index in [1.54, 1.807) is 26.2 Å². The second-order valence-corrected chi connectivity index (χ2v) is 10.3. The summed E-state index contributed by atoms with van der Waals surface area (Å²) in [6.07, 6.45) is 1.59. The summed E-state index contributed by atoms with van der Waals surface area (Å²) in [7, 11) is -0.421. The van der Waals surface area contributed by atoms with Gasteiger partial charge in [-0.1, -0.05) is 24.3 Å². The minimum atomic E-state index is -3.53. The number of hydrogen-bond donors (Lipinski definition) is 1. The van der Waals surface area contributed by atoms with Crippen molar-refractivity contribution in [2.75, 3.05) is 31.3 Å². The van der Waals surface area contributed by atoms with Crippen LogP contribution in [0.4, 0.5) is 5.69 Å². The molecule has 1 atom stereocenters. The fourth-order valence-corrected chi connectivity index (χ4v) is 4.70. The van der Waals surface area contributed by atoms with Crippen LogP contribution >= 0.6 is 0 Å². The molecule has 9 heteroatoms. The number of likely N-dealkylation sites (N-methyl/N-ethyl adjacent to an activating group) is 1. The number of carbonyl (C=O) groups excluding carboxylic acids is 2. The molecule has 186 valence electrons. The van der Waals surface area contributed by atoms with Gasteiger partial charge in [0.15, 0.2) is 0 Å². The Hall–Kier alpha value is -3.07. The summed E-state index contributed by atoms with van der Waals surface area (Å²) >= 11 is 0. The van der Waals surface area contributed by atoms with Crippen LogP contribution in [0, 0.1) is 13.8 Å². The van der Waals surface area contributed by atoms with E-state index >= 15 is 0 Å². The van der Waals surface area contributed by atoms with Crippen LogP contribution < -0.4 is 14.4 Å². The van der Waals surface area contributed by atoms with E-state index in [0.717, 1.165) is 16.7 Å². The van der Waals surface area contributed by atoms with Crippen LogP contribution in [-0.2, 0) is 26.2 Å². The zero-order chi connectivity index (χ0) is 25.5. The maximum atomic E-state index is 13.2. The van der Waals surface area contributed by atoms with Gasteiger partial charge in [0.2, 0.25) is 21.8 Å². The maximum absolute atomic E-state index is 13.2. The van der Waals surface area contributed by atoms with E-state index in [1.807, 2.05) is 44.2 Å². The minimum absolute atomic E-state index is 0.106. The van der Waals surface area contributed by atoms with Gasteiger partial charge in [-0.05, 0) is 62.1 Å². The highest BCUT2D eigenvalue weighted by atomic mass is 32.2. The molecule has 0 unspecified atom stereocenters. The van der Waals surface area contributed by atoms with E-state index in [0.29, 0.717) is 17.9 Å². The van der Waals surface area contributed by atoms with Crippen molar-refractivity contribution < 1.29 is 22.7 Å². The molecule has 0 spiro atoms. The summed E-state index contributed by atoms with van der Waals surface area (Å²) in [5.41, 5.74) is 3.27. The first-order chi connectivity index (χ1) is 16.0. The maximum Gasteiger partial charge on any atom is 0.242 e. The first-order valence-corrected chi connectivity index (χ1v) is 13.0. The summed E-state index contributed by atoms with van der Waals surface area (Å²) in [6, 6.07) is 12.3. The highest BCUT2D eigenvalue weighted by molar-refractivity contribution is 7.92. The molecule has 2 aromatic rings. The van der Waals surface area contributed by atoms with Crippen LogP contribution in [0.5, 0.6) is 5.75 Å². The van der Waals surface area contributed by atoms with Crippen LogP contribution in [-0.4, -0.2) is 58.1 Å². The van der Waals surface area contributed by atoms with Crippen molar-refractivity contribution >= 4 is 27.5 Å². The number of rotatable bonds is 11. The number of hydrogen-bond acceptors (Lipinski definition) is 5. The van der Waals surface area contributed by atoms with Crippen molar-refractivity contribution in [2.45, 2.75) is 46.2 Å². The Balaban J connectivity index is 2.17. The number of sulfonamides is 1. The average molecular weight is 490 g/mol. The van der Waals surface area contributed by atoms with Crippen LogP contribution in [0.15, 0.2) is 42.5 Å². The molecule has 0 heterocycles. The molecule has 0 aromatic heterocycles. The summed E-state index contributed by atoms with van der Waals surface area (Å²) in [4.78, 5) is 27.0. The lowest BCUT2D eigenvalue weighted by atomic mass is 10.1. The third kappa shape index (κ3) is 7.21. The Morgan fingerprint density at radius 1 is 1.09 bits per heavy atom. The van der Waals surface area contributed by atoms with E-state index in [2.05, 4.69) is 5.32 Å². The summed E-state index contributed by atoms with van der Waals surface area (Å²) < 4.78 is 31.5. The Kier molecular flexibility index (Phi) is 9.49. The van der Waals surface area contributed by atoms with Gasteiger partial charge in [0, 0.05) is 26.6 Å². The number of methoxy groups -OCH3 is 1. The van der Waals surface area contributed by atoms with Crippen LogP contribution in [0.1, 0.15) is 36.5 Å². The van der Waals surface area contributed by atoms with Crippen molar-refractivity contribution in [2.24, 2.45) is 0 Å². The Labute approximate surface area is 202 Å². The molecule has 0 fully saturated rings. The normalized spacial score (nSPS) is 12.1. The zero-order valence-corrected chi connectivity index (χ0v) is 21.6. The topological polar surface area (TPSA) is 96.0 Å². The van der Waals surface area contributed by atoms with Crippen LogP contribution in [0.25, 0.3) is 0 Å². The van der Waals surface area contributed by atoms with Crippen molar-refractivity contribution in [1.82, 2.24) is 10.2 Å². The predicted octanol–water partition coefficient (Wildman–Crippen LogP) is 3.02. The molecule has 8 nitrogen and oxygen atoms in total. The number of nitrogens with one attached hydrogen (secondary N) is 1. The Bertz CT molecular complexity index is 1100. The first-order valence-electron chi connectivity index (χ1n) is 11.2. The Morgan fingerprint density at radius 3 is 2.29 bits per heavy atom. The molecular weight excluding hydrogens is 454 g/mol. The van der Waals surface area contributed by atoms with Gasteiger partial charge in [-0.25, -0.2) is 8.42 Å². The molecular formula is C25H35N3O5S. The summed E-state index contributed by atoms with van der Waals surface area (Å²) in [5, 5.41) is 2.59. The third-order valence-electron chi connectivity index (χ3n) is 5.71. The number of aryl methyl sites for hydroxylation is 2. The molecule has 1 N–H and O–H groups in total. The largest absolute Gasteiger partial charge is 0.497 e. The molecule has 0 aliphatic rings. The Morgan fingerprint density at radius 2 is 1.74 bits per heavy atom. The van der Waals surface area contributed by atoms with E-state index in [1.165, 1.54) is 22.5 Å². The quantitative estimate of drug-likeness (QED) is 0.523. The number of carbonyl (C=O) groups is 2. The van der Waals surface area contributed by atoms with Crippen molar-refractivity contribution in [3.05, 3.63) is 59.2 Å². The number of amides is 2. The van der Waals surface area contributed by atoms with Gasteiger partial charge in [-0.3, -0.25) is 13.9 Å². The highest BCUT2D eigenvalue weighted by Crippen LogP contribution is 2.25. The lowest BCUT2D eigenvalue weighted by Crippen LogP contribution is -2.46. The average Bonchev–Trinajstić information content (AvgIpc) is 2.80. The molecule has 2 aromatic carbocycles. The number of benzene rings is 2. The van der Waals surface area contributed by atoms with Gasteiger partial charge in [0.1, 0.15) is 11.8 Å². The number of anilines is 1. The van der Waals surface area contributed by atoms with E-state index in [-0.39, 0.29) is 31.3 Å². The van der Waals surface area contributed by atoms with Gasteiger partial charge in [-0.2, -0.15) is 0 Å². The lowest BCUT2D eigenvalue weighted by molar-refractivity contribution is -0.140. The van der Waals surface area contributed by atoms with Crippen LogP contribution in [0.2, 0.25) is 0 Å². The second-order valence-electron chi connectivity index (χ2n) is 8.39. The monoisotopic (exact) mass is 489 g/mol. The molecule has 34 heavy (non-hydrogen) atoms. The summed E-state index contributed by atoms with van der Waals surface area (Å²) in [6.45, 7) is 5.87. The van der Waals surface area contributed by atoms with Gasteiger partial charge in [0.05, 0.1) is 19.1 Å². The van der Waals surface area contributed by atoms with Crippen molar-refractivity contribution in [3.63, 3.8) is 0 Å². The second kappa shape index (κ2) is 11.9. The predicted molar refractivity (Wildman–Crippen MR) is 134 cm³/mol. The fraction of sp³-hybridized carbons (Fsp3) is 0.440. The molecule has 0 bridgehead atoms. The van der Waals surface area contributed by atoms with Crippen molar-refractivity contribution in [3.8, 4) is 5.75 Å². The van der Waals surface area contributed by atoms with Gasteiger partial charge < -0.3 is 15.0 Å². The smallest absolute Gasteiger partial charge is 0.242 e. The SMILES string of the molecule is CNC(=O)[C@H](C)N(Cc1ccc(OC)cc1)C(=O)CCCN(c1cc(C)ccc1C)S(C)(=O)=O. The summed E-state index contributed by atoms with van der Waals surface area (Å²) in [5.74, 6) is 0.213. The molecule has 0 saturated carbocycles. The molecule has 0 aliphatic carbocycles. The molecule has 0 aliphatic heterocycles. The zero-order valence-electron chi connectivity index (χ0n) is 20.8. The molecule has 0 radical (unpaired) electrons. The van der Waals surface area contributed by atoms with Gasteiger partial charge >= 0.3 is 0 Å². The highest BCUT2D eigenvalue weighted by Gasteiger charge is 2.26. The third-order valence-corrected chi connectivity index (χ3v) is 6.89. The number of nitrogens with zero attached hydrogens (tertiary/aromatic N) is 2. The molecule has 2 amide bonds. The standard InChI is InChI=1S/C25H35N3O5S/c1-18-9-10-19(2)23(16-18)28(34(6,31)32)15-7-8-24(29)27(20(3)25(30)26-4)17-21-11-13-22(33-5)14-12-21/h9-14,16,20H,7-8,15,17H2,1-6H3,(H,26,30)/t20-/m0/s1. The van der Waals surface area contributed by atoms with Gasteiger partial charge in [0.25, 0.3) is 0 Å².